The molecule has 0 bridgehead atoms. The van der Waals surface area contributed by atoms with E-state index in [1.165, 1.54) is 11.1 Å². The van der Waals surface area contributed by atoms with Gasteiger partial charge in [-0.25, -0.2) is 4.98 Å². The summed E-state index contributed by atoms with van der Waals surface area (Å²) < 4.78 is 1.53. The average molecular weight is 307 g/mol. The van der Waals surface area contributed by atoms with Gasteiger partial charge in [-0.1, -0.05) is 36.5 Å². The first-order valence-electron chi connectivity index (χ1n) is 5.51. The number of rotatable bonds is 1. The van der Waals surface area contributed by atoms with Crippen molar-refractivity contribution in [3.63, 3.8) is 0 Å². The van der Waals surface area contributed by atoms with Crippen LogP contribution in [0.1, 0.15) is 28.6 Å². The molecular weight excluding hydrogens is 296 g/mol. The fraction of sp³-hybridized carbons (Fsp3) is 0.231. The van der Waals surface area contributed by atoms with Gasteiger partial charge < -0.3 is 4.98 Å². The zero-order valence-electron chi connectivity index (χ0n) is 9.33. The van der Waals surface area contributed by atoms with E-state index in [2.05, 4.69) is 50.2 Å². The van der Waals surface area contributed by atoms with E-state index in [0.717, 1.165) is 22.4 Å². The molecule has 1 aromatic heterocycles. The summed E-state index contributed by atoms with van der Waals surface area (Å²) in [6, 6.07) is 8.49. The van der Waals surface area contributed by atoms with Crippen LogP contribution < -0.4 is 0 Å². The Hall–Kier alpha value is -1.00. The van der Waals surface area contributed by atoms with Crippen LogP contribution in [-0.2, 0) is 6.42 Å². The molecule has 4 heteroatoms. The quantitative estimate of drug-likeness (QED) is 0.810. The van der Waals surface area contributed by atoms with E-state index in [0.29, 0.717) is 10.6 Å². The molecule has 2 aromatic rings. The van der Waals surface area contributed by atoms with Crippen LogP contribution in [0.5, 0.6) is 0 Å². The largest absolute Gasteiger partial charge is 0.346 e. The van der Waals surface area contributed by atoms with Gasteiger partial charge in [0.05, 0.1) is 4.47 Å². The molecule has 17 heavy (non-hydrogen) atoms. The van der Waals surface area contributed by atoms with Crippen molar-refractivity contribution in [3.8, 4) is 0 Å². The van der Waals surface area contributed by atoms with Crippen LogP contribution in [-0.4, -0.2) is 9.97 Å². The van der Waals surface area contributed by atoms with E-state index in [9.17, 15) is 0 Å². The molecule has 1 N–H and O–H groups in total. The lowest BCUT2D eigenvalue weighted by atomic mass is 9.77. The summed E-state index contributed by atoms with van der Waals surface area (Å²) in [5, 5.41) is 0. The summed E-state index contributed by atoms with van der Waals surface area (Å²) in [6.07, 6.45) is 1.05. The lowest BCUT2D eigenvalue weighted by molar-refractivity contribution is 0.654. The van der Waals surface area contributed by atoms with Gasteiger partial charge in [-0.05, 0) is 40.4 Å². The summed E-state index contributed by atoms with van der Waals surface area (Å²) in [7, 11) is 0. The Morgan fingerprint density at radius 2 is 2.18 bits per heavy atom. The van der Waals surface area contributed by atoms with E-state index in [1.807, 2.05) is 6.92 Å². The smallest absolute Gasteiger partial charge is 0.144 e. The number of aromatic amines is 1. The van der Waals surface area contributed by atoms with Crippen LogP contribution in [0.2, 0.25) is 0 Å². The topological polar surface area (TPSA) is 28.7 Å². The van der Waals surface area contributed by atoms with Crippen molar-refractivity contribution in [1.82, 2.24) is 9.97 Å². The second kappa shape index (κ2) is 4.03. The highest BCUT2D eigenvalue weighted by atomic mass is 79.9. The maximum absolute atomic E-state index is 5.24. The van der Waals surface area contributed by atoms with Gasteiger partial charge in [-0.15, -0.1) is 0 Å². The molecule has 0 radical (unpaired) electrons. The second-order valence-corrected chi connectivity index (χ2v) is 5.50. The SMILES string of the molecule is Cc1[nH]c(C2Cc3ccccc32)nc(=S)c1Br. The first-order valence-corrected chi connectivity index (χ1v) is 6.71. The van der Waals surface area contributed by atoms with Crippen molar-refractivity contribution >= 4 is 28.1 Å². The van der Waals surface area contributed by atoms with Gasteiger partial charge in [0.2, 0.25) is 0 Å². The van der Waals surface area contributed by atoms with Crippen LogP contribution in [0.15, 0.2) is 28.7 Å². The maximum atomic E-state index is 5.24. The summed E-state index contributed by atoms with van der Waals surface area (Å²) in [5.74, 6) is 1.36. The third-order valence-corrected chi connectivity index (χ3v) is 4.77. The number of benzene rings is 1. The van der Waals surface area contributed by atoms with Crippen molar-refractivity contribution in [3.05, 3.63) is 56.0 Å². The Balaban J connectivity index is 2.07. The number of hydrogen-bond acceptors (Lipinski definition) is 2. The van der Waals surface area contributed by atoms with Gasteiger partial charge in [0.1, 0.15) is 10.5 Å². The van der Waals surface area contributed by atoms with Crippen LogP contribution >= 0.6 is 28.1 Å². The number of hydrogen-bond donors (Lipinski definition) is 1. The highest BCUT2D eigenvalue weighted by Gasteiger charge is 2.28. The van der Waals surface area contributed by atoms with Gasteiger partial charge >= 0.3 is 0 Å². The first-order chi connectivity index (χ1) is 8.16. The molecular formula is C13H11BrN2S. The Morgan fingerprint density at radius 3 is 2.88 bits per heavy atom. The van der Waals surface area contributed by atoms with E-state index in [1.54, 1.807) is 0 Å². The van der Waals surface area contributed by atoms with Gasteiger partial charge in [0.25, 0.3) is 0 Å². The molecule has 0 aliphatic heterocycles. The lowest BCUT2D eigenvalue weighted by Gasteiger charge is -2.29. The van der Waals surface area contributed by atoms with Gasteiger partial charge in [0.15, 0.2) is 0 Å². The minimum Gasteiger partial charge on any atom is -0.346 e. The zero-order valence-corrected chi connectivity index (χ0v) is 11.7. The minimum absolute atomic E-state index is 0.375. The Bertz CT molecular complexity index is 648. The second-order valence-electron chi connectivity index (χ2n) is 4.32. The molecule has 1 aliphatic rings. The molecule has 1 heterocycles. The maximum Gasteiger partial charge on any atom is 0.144 e. The summed E-state index contributed by atoms with van der Waals surface area (Å²) in [6.45, 7) is 2.01. The fourth-order valence-electron chi connectivity index (χ4n) is 2.26. The minimum atomic E-state index is 0.375. The third kappa shape index (κ3) is 1.76. The average Bonchev–Trinajstić information content (AvgIpc) is 2.27. The molecule has 0 saturated carbocycles. The monoisotopic (exact) mass is 306 g/mol. The normalized spacial score (nSPS) is 17.4. The third-order valence-electron chi connectivity index (χ3n) is 3.24. The Morgan fingerprint density at radius 1 is 1.41 bits per heavy atom. The highest BCUT2D eigenvalue weighted by Crippen LogP contribution is 2.38. The molecule has 1 aromatic carbocycles. The highest BCUT2D eigenvalue weighted by molar-refractivity contribution is 9.10. The van der Waals surface area contributed by atoms with Crippen molar-refractivity contribution in [2.75, 3.05) is 0 Å². The fourth-order valence-corrected chi connectivity index (χ4v) is 2.70. The van der Waals surface area contributed by atoms with Crippen molar-refractivity contribution < 1.29 is 0 Å². The summed E-state index contributed by atoms with van der Waals surface area (Å²) >= 11 is 8.68. The summed E-state index contributed by atoms with van der Waals surface area (Å²) in [4.78, 5) is 7.80. The predicted octanol–water partition coefficient (Wildman–Crippen LogP) is 3.90. The van der Waals surface area contributed by atoms with Crippen molar-refractivity contribution in [1.29, 1.82) is 0 Å². The van der Waals surface area contributed by atoms with Crippen LogP contribution in [0.4, 0.5) is 0 Å². The number of H-pyrrole nitrogens is 1. The van der Waals surface area contributed by atoms with E-state index in [4.69, 9.17) is 12.2 Å². The molecule has 3 rings (SSSR count). The molecule has 1 unspecified atom stereocenters. The van der Waals surface area contributed by atoms with Gasteiger partial charge in [-0.2, -0.15) is 0 Å². The molecule has 0 fully saturated rings. The molecule has 1 atom stereocenters. The molecule has 1 aliphatic carbocycles. The van der Waals surface area contributed by atoms with E-state index < -0.39 is 0 Å². The standard InChI is InChI=1S/C13H11BrN2S/c1-7-11(14)13(17)16-12(15-7)10-6-8-4-2-3-5-9(8)10/h2-5,10H,6H2,1H3,(H,15,16,17). The van der Waals surface area contributed by atoms with E-state index >= 15 is 0 Å². The Labute approximate surface area is 113 Å². The Kier molecular flexibility index (Phi) is 2.64. The number of nitrogens with zero attached hydrogens (tertiary/aromatic N) is 1. The number of nitrogens with one attached hydrogen (secondary N) is 1. The van der Waals surface area contributed by atoms with Gasteiger partial charge in [0, 0.05) is 11.6 Å². The molecule has 2 nitrogen and oxygen atoms in total. The van der Waals surface area contributed by atoms with Crippen LogP contribution in [0.3, 0.4) is 0 Å². The molecule has 0 amide bonds. The number of aromatic nitrogens is 2. The van der Waals surface area contributed by atoms with E-state index in [-0.39, 0.29) is 0 Å². The first kappa shape index (κ1) is 11.1. The number of fused-ring (bicyclic) bond motifs is 1. The zero-order chi connectivity index (χ0) is 12.0. The van der Waals surface area contributed by atoms with Crippen molar-refractivity contribution in [2.24, 2.45) is 0 Å². The van der Waals surface area contributed by atoms with Crippen LogP contribution in [0, 0.1) is 11.6 Å². The lowest BCUT2D eigenvalue weighted by Crippen LogP contribution is -2.20. The number of aryl methyl sites for hydroxylation is 1. The summed E-state index contributed by atoms with van der Waals surface area (Å²) in [5.41, 5.74) is 3.83. The predicted molar refractivity (Wildman–Crippen MR) is 73.8 cm³/mol. The molecule has 0 saturated heterocycles. The molecule has 86 valence electrons. The van der Waals surface area contributed by atoms with Crippen molar-refractivity contribution in [2.45, 2.75) is 19.3 Å². The van der Waals surface area contributed by atoms with Crippen LogP contribution in [0.25, 0.3) is 0 Å². The number of halogens is 1. The molecule has 0 spiro atoms. The van der Waals surface area contributed by atoms with Gasteiger partial charge in [-0.3, -0.25) is 0 Å².